The van der Waals surface area contributed by atoms with Gasteiger partial charge in [-0.2, -0.15) is 0 Å². The number of aromatic nitrogens is 1. The number of aromatic hydroxyl groups is 1. The quantitative estimate of drug-likeness (QED) is 0.703. The average molecular weight is 369 g/mol. The van der Waals surface area contributed by atoms with Gasteiger partial charge in [-0.15, -0.1) is 5.48 Å². The van der Waals surface area contributed by atoms with E-state index in [9.17, 15) is 19.1 Å². The Balaban J connectivity index is 1.76. The standard InChI is InChI=1S/C17H24FN3O5/c1-17(2,3)25-16(24)21-26-15(23)10-4-6-12(7-5-10)20-13-8-11(18)9-19-14(13)22/h8-10,12,20H,4-7H2,1-3H3,(H,19,22)(H,21,24). The van der Waals surface area contributed by atoms with Gasteiger partial charge in [0.15, 0.2) is 0 Å². The molecular formula is C17H24FN3O5. The number of carbonyl (C=O) groups is 2. The van der Waals surface area contributed by atoms with E-state index in [-0.39, 0.29) is 23.5 Å². The van der Waals surface area contributed by atoms with Gasteiger partial charge in [-0.1, -0.05) is 0 Å². The van der Waals surface area contributed by atoms with Gasteiger partial charge in [0.05, 0.1) is 12.1 Å². The first-order valence-corrected chi connectivity index (χ1v) is 8.45. The van der Waals surface area contributed by atoms with Crippen molar-refractivity contribution in [3.05, 3.63) is 18.1 Å². The molecule has 0 aliphatic heterocycles. The molecule has 1 aliphatic carbocycles. The highest BCUT2D eigenvalue weighted by atomic mass is 19.1. The Labute approximate surface area is 151 Å². The molecule has 1 heterocycles. The Morgan fingerprint density at radius 2 is 1.92 bits per heavy atom. The zero-order valence-corrected chi connectivity index (χ0v) is 15.0. The first-order valence-electron chi connectivity index (χ1n) is 8.45. The van der Waals surface area contributed by atoms with E-state index in [4.69, 9.17) is 9.57 Å². The lowest BCUT2D eigenvalue weighted by Gasteiger charge is -2.28. The molecule has 8 nitrogen and oxygen atoms in total. The normalized spacial score (nSPS) is 20.2. The van der Waals surface area contributed by atoms with Crippen LogP contribution in [0.2, 0.25) is 0 Å². The van der Waals surface area contributed by atoms with Crippen molar-refractivity contribution in [2.75, 3.05) is 5.32 Å². The summed E-state index contributed by atoms with van der Waals surface area (Å²) in [7, 11) is 0. The van der Waals surface area contributed by atoms with Crippen LogP contribution in [0.5, 0.6) is 5.88 Å². The van der Waals surface area contributed by atoms with Crippen molar-refractivity contribution in [1.29, 1.82) is 0 Å². The molecule has 0 radical (unpaired) electrons. The van der Waals surface area contributed by atoms with Gasteiger partial charge in [0.25, 0.3) is 0 Å². The molecule has 1 aliphatic rings. The fourth-order valence-electron chi connectivity index (χ4n) is 2.71. The molecule has 2 rings (SSSR count). The van der Waals surface area contributed by atoms with Crippen LogP contribution >= 0.6 is 0 Å². The molecule has 1 saturated carbocycles. The number of pyridine rings is 1. The lowest BCUT2D eigenvalue weighted by atomic mass is 9.86. The second kappa shape index (κ2) is 8.20. The number of ether oxygens (including phenoxy) is 1. The van der Waals surface area contributed by atoms with Gasteiger partial charge in [0.2, 0.25) is 5.88 Å². The summed E-state index contributed by atoms with van der Waals surface area (Å²) in [5.74, 6) is -1.68. The summed E-state index contributed by atoms with van der Waals surface area (Å²) in [5, 5.41) is 12.7. The van der Waals surface area contributed by atoms with Crippen molar-refractivity contribution in [3.8, 4) is 5.88 Å². The van der Waals surface area contributed by atoms with Crippen molar-refractivity contribution in [2.24, 2.45) is 5.92 Å². The number of anilines is 1. The van der Waals surface area contributed by atoms with Crippen LogP contribution < -0.4 is 10.8 Å². The van der Waals surface area contributed by atoms with Gasteiger partial charge in [0.1, 0.15) is 17.1 Å². The third kappa shape index (κ3) is 6.05. The van der Waals surface area contributed by atoms with Crippen LogP contribution in [-0.4, -0.2) is 33.8 Å². The minimum absolute atomic E-state index is 0.0210. The fraction of sp³-hybridized carbons (Fsp3) is 0.588. The van der Waals surface area contributed by atoms with Crippen LogP contribution in [0.15, 0.2) is 12.3 Å². The molecule has 0 unspecified atom stereocenters. The van der Waals surface area contributed by atoms with Crippen molar-refractivity contribution in [3.63, 3.8) is 0 Å². The highest BCUT2D eigenvalue weighted by Gasteiger charge is 2.29. The minimum atomic E-state index is -0.824. The number of halogens is 1. The molecular weight excluding hydrogens is 345 g/mol. The van der Waals surface area contributed by atoms with Gasteiger partial charge >= 0.3 is 12.1 Å². The molecule has 0 saturated heterocycles. The maximum Gasteiger partial charge on any atom is 0.441 e. The summed E-state index contributed by atoms with van der Waals surface area (Å²) in [4.78, 5) is 31.8. The second-order valence-corrected chi connectivity index (χ2v) is 7.24. The molecule has 0 atom stereocenters. The van der Waals surface area contributed by atoms with Crippen molar-refractivity contribution >= 4 is 17.7 Å². The Hall–Kier alpha value is -2.58. The molecule has 1 fully saturated rings. The molecule has 26 heavy (non-hydrogen) atoms. The lowest BCUT2D eigenvalue weighted by Crippen LogP contribution is -2.37. The third-order valence-corrected chi connectivity index (χ3v) is 3.89. The van der Waals surface area contributed by atoms with Crippen LogP contribution in [-0.2, 0) is 14.4 Å². The van der Waals surface area contributed by atoms with Gasteiger partial charge in [-0.05, 0) is 46.5 Å². The molecule has 0 bridgehead atoms. The van der Waals surface area contributed by atoms with Crippen LogP contribution in [0.1, 0.15) is 46.5 Å². The summed E-state index contributed by atoms with van der Waals surface area (Å²) < 4.78 is 18.2. The number of hydroxylamine groups is 1. The summed E-state index contributed by atoms with van der Waals surface area (Å²) in [5.41, 5.74) is 1.53. The Morgan fingerprint density at radius 1 is 1.27 bits per heavy atom. The number of amides is 1. The van der Waals surface area contributed by atoms with Crippen molar-refractivity contribution < 1.29 is 28.7 Å². The number of nitrogens with zero attached hydrogens (tertiary/aromatic N) is 1. The third-order valence-electron chi connectivity index (χ3n) is 3.89. The lowest BCUT2D eigenvalue weighted by molar-refractivity contribution is -0.156. The monoisotopic (exact) mass is 369 g/mol. The molecule has 1 aromatic rings. The summed E-state index contributed by atoms with van der Waals surface area (Å²) in [6.07, 6.45) is 2.44. The maximum atomic E-state index is 13.2. The predicted octanol–water partition coefficient (Wildman–Crippen LogP) is 2.88. The number of rotatable bonds is 3. The average Bonchev–Trinajstić information content (AvgIpc) is 2.55. The highest BCUT2D eigenvalue weighted by molar-refractivity contribution is 5.75. The van der Waals surface area contributed by atoms with E-state index in [1.165, 1.54) is 6.07 Å². The van der Waals surface area contributed by atoms with Crippen LogP contribution in [0.3, 0.4) is 0 Å². The summed E-state index contributed by atoms with van der Waals surface area (Å²) in [6.45, 7) is 5.11. The topological polar surface area (TPSA) is 110 Å². The predicted molar refractivity (Wildman–Crippen MR) is 90.7 cm³/mol. The number of carbonyl (C=O) groups excluding carboxylic acids is 2. The first kappa shape index (κ1) is 19.7. The SMILES string of the molecule is CC(C)(C)OC(=O)NOC(=O)C1CCC(Nc2cc(F)cnc2O)CC1. The Kier molecular flexibility index (Phi) is 6.23. The Bertz CT molecular complexity index is 654. The summed E-state index contributed by atoms with van der Waals surface area (Å²) in [6, 6.07) is 1.15. The van der Waals surface area contributed by atoms with E-state index in [2.05, 4.69) is 10.3 Å². The van der Waals surface area contributed by atoms with Crippen LogP contribution in [0.25, 0.3) is 0 Å². The van der Waals surface area contributed by atoms with E-state index in [1.54, 1.807) is 20.8 Å². The van der Waals surface area contributed by atoms with E-state index in [1.807, 2.05) is 5.48 Å². The number of hydrogen-bond donors (Lipinski definition) is 3. The van der Waals surface area contributed by atoms with Crippen LogP contribution in [0, 0.1) is 11.7 Å². The molecule has 1 aromatic heterocycles. The Morgan fingerprint density at radius 3 is 2.54 bits per heavy atom. The molecule has 3 N–H and O–H groups in total. The number of hydrogen-bond acceptors (Lipinski definition) is 7. The zero-order valence-electron chi connectivity index (χ0n) is 15.0. The highest BCUT2D eigenvalue weighted by Crippen LogP contribution is 2.29. The van der Waals surface area contributed by atoms with E-state index in [0.29, 0.717) is 25.7 Å². The van der Waals surface area contributed by atoms with E-state index < -0.39 is 23.5 Å². The second-order valence-electron chi connectivity index (χ2n) is 7.24. The van der Waals surface area contributed by atoms with Crippen LogP contribution in [0.4, 0.5) is 14.9 Å². The van der Waals surface area contributed by atoms with E-state index >= 15 is 0 Å². The van der Waals surface area contributed by atoms with Gasteiger partial charge < -0.3 is 20.0 Å². The minimum Gasteiger partial charge on any atom is -0.492 e. The van der Waals surface area contributed by atoms with E-state index in [0.717, 1.165) is 6.20 Å². The maximum absolute atomic E-state index is 13.2. The van der Waals surface area contributed by atoms with Gasteiger partial charge in [0, 0.05) is 12.1 Å². The smallest absolute Gasteiger partial charge is 0.441 e. The molecule has 0 spiro atoms. The first-order chi connectivity index (χ1) is 12.1. The van der Waals surface area contributed by atoms with Gasteiger partial charge in [-0.3, -0.25) is 0 Å². The van der Waals surface area contributed by atoms with Gasteiger partial charge in [-0.25, -0.2) is 19.0 Å². The molecule has 1 amide bonds. The molecule has 144 valence electrons. The molecule has 0 aromatic carbocycles. The van der Waals surface area contributed by atoms with Crippen molar-refractivity contribution in [1.82, 2.24) is 10.5 Å². The largest absolute Gasteiger partial charge is 0.492 e. The molecule has 9 heteroatoms. The zero-order chi connectivity index (χ0) is 19.3. The summed E-state index contributed by atoms with van der Waals surface area (Å²) >= 11 is 0. The fourth-order valence-corrected chi connectivity index (χ4v) is 2.71. The number of nitrogens with one attached hydrogen (secondary N) is 2. The van der Waals surface area contributed by atoms with Crippen molar-refractivity contribution in [2.45, 2.75) is 58.1 Å².